The molecule has 33 heavy (non-hydrogen) atoms. The minimum atomic E-state index is 0. The fraction of sp³-hybridized carbons (Fsp3) is 0.261. The molecule has 0 atom stereocenters. The number of ether oxygens (including phenoxy) is 1. The third-order valence-corrected chi connectivity index (χ3v) is 5.57. The van der Waals surface area contributed by atoms with Crippen molar-refractivity contribution in [1.82, 2.24) is 25.1 Å². The number of rotatable bonds is 9. The Hall–Kier alpha value is -1.86. The summed E-state index contributed by atoms with van der Waals surface area (Å²) in [5, 5.41) is 12.0. The van der Waals surface area contributed by atoms with Gasteiger partial charge in [-0.1, -0.05) is 18.2 Å². The molecule has 0 unspecified atom stereocenters. The van der Waals surface area contributed by atoms with Crippen molar-refractivity contribution >= 4 is 40.0 Å². The van der Waals surface area contributed by atoms with E-state index < -0.39 is 0 Å². The fourth-order valence-corrected chi connectivity index (χ4v) is 3.91. The zero-order valence-electron chi connectivity index (χ0n) is 18.9. The van der Waals surface area contributed by atoms with Crippen molar-refractivity contribution in [1.29, 1.82) is 0 Å². The van der Waals surface area contributed by atoms with E-state index in [2.05, 4.69) is 34.5 Å². The van der Waals surface area contributed by atoms with E-state index in [9.17, 15) is 0 Å². The second kappa shape index (κ2) is 12.0. The van der Waals surface area contributed by atoms with Crippen LogP contribution in [0.15, 0.2) is 58.6 Å². The van der Waals surface area contributed by atoms with Crippen molar-refractivity contribution in [2.24, 2.45) is 0 Å². The summed E-state index contributed by atoms with van der Waals surface area (Å²) in [6.07, 6.45) is 0.924. The molecule has 1 radical (unpaired) electrons. The smallest absolute Gasteiger partial charge is 0.195 e. The van der Waals surface area contributed by atoms with Gasteiger partial charge in [0.05, 0.1) is 6.61 Å². The van der Waals surface area contributed by atoms with Crippen molar-refractivity contribution < 1.29 is 48.8 Å². The number of hydrogen-bond acceptors (Lipinski definition) is 7. The predicted octanol–water partition coefficient (Wildman–Crippen LogP) is 5.57. The van der Waals surface area contributed by atoms with E-state index in [-0.39, 0.29) is 44.1 Å². The molecule has 0 saturated heterocycles. The van der Waals surface area contributed by atoms with E-state index in [0.717, 1.165) is 40.2 Å². The van der Waals surface area contributed by atoms with Gasteiger partial charge in [0.1, 0.15) is 17.1 Å². The van der Waals surface area contributed by atoms with Crippen molar-refractivity contribution in [3.8, 4) is 5.75 Å². The van der Waals surface area contributed by atoms with Crippen LogP contribution in [0, 0.1) is 51.0 Å². The Labute approximate surface area is 233 Å². The first-order valence-corrected chi connectivity index (χ1v) is 11.2. The molecule has 0 saturated carbocycles. The minimum Gasteiger partial charge on any atom is -0.699 e. The van der Waals surface area contributed by atoms with Crippen LogP contribution in [0.2, 0.25) is 0 Å². The number of fused-ring (bicyclic) bond motifs is 1. The number of aromatic nitrogens is 4. The van der Waals surface area contributed by atoms with Gasteiger partial charge in [0.15, 0.2) is 11.0 Å². The average Bonchev–Trinajstić information content (AvgIpc) is 3.17. The average molecular weight is 676 g/mol. The van der Waals surface area contributed by atoms with Crippen LogP contribution in [0.3, 0.4) is 0 Å². The first-order valence-electron chi connectivity index (χ1n) is 10.3. The summed E-state index contributed by atoms with van der Waals surface area (Å²) in [5.41, 5.74) is 9.88. The molecule has 0 amide bonds. The number of aryl methyl sites for hydroxylation is 1. The normalized spacial score (nSPS) is 10.9. The number of aromatic amines is 1. The summed E-state index contributed by atoms with van der Waals surface area (Å²) in [7, 11) is 4.10. The third kappa shape index (κ3) is 7.06. The Bertz CT molecular complexity index is 1200. The molecule has 3 N–H and O–H groups in total. The molecule has 2 heterocycles. The number of anilines is 2. The van der Waals surface area contributed by atoms with Gasteiger partial charge in [0.2, 0.25) is 0 Å². The Balaban J connectivity index is 0.00000306. The van der Waals surface area contributed by atoms with Gasteiger partial charge in [0, 0.05) is 72.6 Å². The summed E-state index contributed by atoms with van der Waals surface area (Å²) in [4.78, 5) is 12.7. The topological polar surface area (TPSA) is 103 Å². The number of benzene rings is 2. The van der Waals surface area contributed by atoms with Gasteiger partial charge >= 0.3 is 0 Å². The van der Waals surface area contributed by atoms with Crippen LogP contribution in [0.25, 0.3) is 16.6 Å². The Morgan fingerprint density at radius 2 is 1.91 bits per heavy atom. The Morgan fingerprint density at radius 3 is 2.61 bits per heavy atom. The molecule has 0 bridgehead atoms. The van der Waals surface area contributed by atoms with Crippen LogP contribution in [0.4, 0.5) is 17.3 Å². The molecule has 2 aromatic heterocycles. The number of nitrogens with one attached hydrogen (secondary N) is 3. The fourth-order valence-electron chi connectivity index (χ4n) is 3.16. The summed E-state index contributed by atoms with van der Waals surface area (Å²) < 4.78 is 6.10. The number of nitrogens with zero attached hydrogens (tertiary/aromatic N) is 4. The predicted molar refractivity (Wildman–Crippen MR) is 129 cm³/mol. The molecule has 10 heteroatoms. The van der Waals surface area contributed by atoms with Crippen LogP contribution in [-0.2, 0) is 0 Å². The molecule has 0 aliphatic rings. The van der Waals surface area contributed by atoms with E-state index in [1.165, 1.54) is 11.8 Å². The molecule has 0 aliphatic carbocycles. The van der Waals surface area contributed by atoms with Crippen molar-refractivity contribution in [2.75, 3.05) is 32.6 Å². The maximum Gasteiger partial charge on any atom is 0.195 e. The third-order valence-electron chi connectivity index (χ3n) is 4.69. The molecule has 0 spiro atoms. The van der Waals surface area contributed by atoms with Crippen LogP contribution in [0.1, 0.15) is 12.1 Å². The standard InChI is InChI=1S/C23H26N7OS.Ac/c1-15-14-20(29-28-15)25-22-18-6-4-7-19(31-13-5-12-30(2)3)21(18)26-23(27-22)32-17-10-8-16(24)9-11-17;/h4,6-11,14,24H,5,12-13H2,1-3H3,(H2,25,26,27,28,29);/q-1;. The van der Waals surface area contributed by atoms with Crippen molar-refractivity contribution in [3.63, 3.8) is 0 Å². The van der Waals surface area contributed by atoms with Crippen LogP contribution in [0.5, 0.6) is 5.75 Å². The van der Waals surface area contributed by atoms with Crippen LogP contribution in [-0.4, -0.2) is 52.3 Å². The molecule has 169 valence electrons. The van der Waals surface area contributed by atoms with Gasteiger partial charge in [-0.2, -0.15) is 5.10 Å². The second-order valence-corrected chi connectivity index (χ2v) is 8.74. The SMILES string of the molecule is Cc1cc(Nc2nc(Sc3ccc([NH-])cc3)nc3c(OCCCN(C)C)cccc23)n[nH]1.[Ac]. The largest absolute Gasteiger partial charge is 0.699 e. The number of hydrogen-bond donors (Lipinski definition) is 2. The van der Waals surface area contributed by atoms with E-state index in [0.29, 0.717) is 29.1 Å². The summed E-state index contributed by atoms with van der Waals surface area (Å²) >= 11 is 1.45. The molecule has 0 fully saturated rings. The molecule has 8 nitrogen and oxygen atoms in total. The van der Waals surface area contributed by atoms with E-state index in [1.807, 2.05) is 43.3 Å². The Kier molecular flexibility index (Phi) is 9.38. The molecule has 4 rings (SSSR count). The number of para-hydroxylation sites is 1. The first-order chi connectivity index (χ1) is 15.5. The molecule has 4 aromatic rings. The quantitative estimate of drug-likeness (QED) is 0.177. The molecule has 2 aromatic carbocycles. The second-order valence-electron chi connectivity index (χ2n) is 7.70. The van der Waals surface area contributed by atoms with Crippen molar-refractivity contribution in [2.45, 2.75) is 23.4 Å². The number of H-pyrrole nitrogens is 1. The van der Waals surface area contributed by atoms with Gasteiger partial charge < -0.3 is 20.7 Å². The zero-order chi connectivity index (χ0) is 22.5. The summed E-state index contributed by atoms with van der Waals surface area (Å²) in [6, 6.07) is 15.1. The summed E-state index contributed by atoms with van der Waals surface area (Å²) in [5.74, 6) is 2.09. The first kappa shape index (κ1) is 25.8. The minimum absolute atomic E-state index is 0. The van der Waals surface area contributed by atoms with Crippen LogP contribution >= 0.6 is 11.8 Å². The van der Waals surface area contributed by atoms with Gasteiger partial charge in [0.25, 0.3) is 0 Å². The van der Waals surface area contributed by atoms with Gasteiger partial charge in [-0.3, -0.25) is 5.10 Å². The van der Waals surface area contributed by atoms with E-state index in [1.54, 1.807) is 12.1 Å². The molecule has 0 aliphatic heterocycles. The maximum absolute atomic E-state index is 7.70. The van der Waals surface area contributed by atoms with Gasteiger partial charge in [-0.25, -0.2) is 9.97 Å². The van der Waals surface area contributed by atoms with Crippen LogP contribution < -0.4 is 10.1 Å². The monoisotopic (exact) mass is 675 g/mol. The Morgan fingerprint density at radius 1 is 1.12 bits per heavy atom. The molecular formula is C23H26AcN7OS-. The zero-order valence-corrected chi connectivity index (χ0v) is 24.5. The van der Waals surface area contributed by atoms with E-state index >= 15 is 0 Å². The van der Waals surface area contributed by atoms with Gasteiger partial charge in [-0.15, -0.1) is 5.69 Å². The maximum atomic E-state index is 7.70. The van der Waals surface area contributed by atoms with Crippen molar-refractivity contribution in [3.05, 3.63) is 60.0 Å². The van der Waals surface area contributed by atoms with E-state index in [4.69, 9.17) is 20.4 Å². The summed E-state index contributed by atoms with van der Waals surface area (Å²) in [6.45, 7) is 3.52. The van der Waals surface area contributed by atoms with Gasteiger partial charge in [-0.05, 0) is 63.5 Å². The molecular weight excluding hydrogens is 649 g/mol.